The van der Waals surface area contributed by atoms with Crippen LogP contribution in [0.25, 0.3) is 0 Å². The number of amides is 2. The molecular formula is C36H44N4O2S. The van der Waals surface area contributed by atoms with Gasteiger partial charge in [-0.15, -0.1) is 11.3 Å². The van der Waals surface area contributed by atoms with E-state index >= 15 is 0 Å². The van der Waals surface area contributed by atoms with Crippen LogP contribution in [0.4, 0.5) is 0 Å². The van der Waals surface area contributed by atoms with Crippen LogP contribution < -0.4 is 10.6 Å². The molecule has 0 atom stereocenters. The second-order valence-corrected chi connectivity index (χ2v) is 12.2. The third kappa shape index (κ3) is 10.4. The van der Waals surface area contributed by atoms with Gasteiger partial charge in [-0.2, -0.15) is 0 Å². The number of aromatic nitrogens is 1. The number of benzene rings is 3. The zero-order chi connectivity index (χ0) is 30.6. The number of rotatable bonds is 12. The molecule has 0 radical (unpaired) electrons. The maximum absolute atomic E-state index is 13.4. The summed E-state index contributed by atoms with van der Waals surface area (Å²) in [4.78, 5) is 32.7. The number of carbonyl (C=O) groups excluding carboxylic acids is 2. The minimum absolute atomic E-state index is 0.0283. The Morgan fingerprint density at radius 2 is 1.63 bits per heavy atom. The first-order valence-corrected chi connectivity index (χ1v) is 16.1. The van der Waals surface area contributed by atoms with Crippen LogP contribution in [0, 0.1) is 20.8 Å². The van der Waals surface area contributed by atoms with E-state index in [2.05, 4.69) is 65.9 Å². The third-order valence-corrected chi connectivity index (χ3v) is 8.24. The van der Waals surface area contributed by atoms with Crippen molar-refractivity contribution in [1.82, 2.24) is 20.5 Å². The first-order chi connectivity index (χ1) is 20.8. The molecule has 0 spiro atoms. The second-order valence-electron chi connectivity index (χ2n) is 11.2. The monoisotopic (exact) mass is 596 g/mol. The Balaban J connectivity index is 0.000000530. The topological polar surface area (TPSA) is 74.3 Å². The van der Waals surface area contributed by atoms with E-state index in [1.165, 1.54) is 16.7 Å². The summed E-state index contributed by atoms with van der Waals surface area (Å²) in [6.07, 6.45) is 3.91. The Labute approximate surface area is 260 Å². The fourth-order valence-corrected chi connectivity index (χ4v) is 5.59. The zero-order valence-electron chi connectivity index (χ0n) is 25.9. The van der Waals surface area contributed by atoms with Gasteiger partial charge < -0.3 is 15.5 Å². The van der Waals surface area contributed by atoms with Crippen LogP contribution >= 0.6 is 11.3 Å². The van der Waals surface area contributed by atoms with Crippen molar-refractivity contribution in [1.29, 1.82) is 0 Å². The molecule has 1 aliphatic rings. The van der Waals surface area contributed by atoms with E-state index in [0.29, 0.717) is 24.2 Å². The van der Waals surface area contributed by atoms with E-state index in [0.717, 1.165) is 55.0 Å². The number of hydrogen-bond donors (Lipinski definition) is 2. The summed E-state index contributed by atoms with van der Waals surface area (Å²) in [5.74, 6) is -0.170. The Morgan fingerprint density at radius 3 is 2.28 bits per heavy atom. The summed E-state index contributed by atoms with van der Waals surface area (Å²) >= 11 is 1.59. The quantitative estimate of drug-likeness (QED) is 0.172. The van der Waals surface area contributed by atoms with E-state index in [1.807, 2.05) is 54.5 Å². The lowest BCUT2D eigenvalue weighted by molar-refractivity contribution is 0.0729. The molecule has 0 saturated heterocycles. The molecule has 226 valence electrons. The maximum atomic E-state index is 13.4. The highest BCUT2D eigenvalue weighted by molar-refractivity contribution is 7.09. The van der Waals surface area contributed by atoms with Crippen molar-refractivity contribution in [2.24, 2.45) is 0 Å². The predicted octanol–water partition coefficient (Wildman–Crippen LogP) is 7.03. The molecule has 1 aliphatic carbocycles. The van der Waals surface area contributed by atoms with Crippen LogP contribution in [0.5, 0.6) is 0 Å². The minimum atomic E-state index is -0.142. The lowest BCUT2D eigenvalue weighted by Crippen LogP contribution is -2.33. The van der Waals surface area contributed by atoms with Crippen molar-refractivity contribution in [3.8, 4) is 0 Å². The molecule has 6 nitrogen and oxygen atoms in total. The lowest BCUT2D eigenvalue weighted by Gasteiger charge is -2.22. The van der Waals surface area contributed by atoms with Gasteiger partial charge in [0.05, 0.1) is 6.54 Å². The van der Waals surface area contributed by atoms with Gasteiger partial charge in [0, 0.05) is 41.3 Å². The number of carbonyl (C=O) groups is 2. The van der Waals surface area contributed by atoms with Gasteiger partial charge in [0.2, 0.25) is 0 Å². The highest BCUT2D eigenvalue weighted by Gasteiger charge is 2.34. The van der Waals surface area contributed by atoms with Crippen LogP contribution in [-0.4, -0.2) is 40.8 Å². The van der Waals surface area contributed by atoms with E-state index in [-0.39, 0.29) is 17.9 Å². The predicted molar refractivity (Wildman–Crippen MR) is 177 cm³/mol. The number of nitrogens with one attached hydrogen (secondary N) is 2. The van der Waals surface area contributed by atoms with Crippen LogP contribution in [-0.2, 0) is 19.5 Å². The van der Waals surface area contributed by atoms with Gasteiger partial charge in [-0.1, -0.05) is 67.1 Å². The molecule has 2 N–H and O–H groups in total. The largest absolute Gasteiger partial charge is 0.352 e. The molecule has 3 aromatic carbocycles. The Bertz CT molecular complexity index is 1480. The molecule has 1 aromatic heterocycles. The van der Waals surface area contributed by atoms with Crippen molar-refractivity contribution in [2.75, 3.05) is 13.1 Å². The number of hydrogen-bond acceptors (Lipinski definition) is 5. The van der Waals surface area contributed by atoms with Crippen LogP contribution in [0.3, 0.4) is 0 Å². The van der Waals surface area contributed by atoms with Crippen molar-refractivity contribution < 1.29 is 9.59 Å². The van der Waals surface area contributed by atoms with Crippen molar-refractivity contribution in [3.05, 3.63) is 122 Å². The molecule has 1 saturated carbocycles. The molecule has 5 rings (SSSR count). The SMILES string of the molecule is CCc1cccc(CNCCCNC(=O)c2cc(C)cc(C(=O)N(Cc3nc(C)cs3)C3CC3)c2)c1.Cc1ccccc1. The molecule has 2 amide bonds. The first-order valence-electron chi connectivity index (χ1n) is 15.2. The highest BCUT2D eigenvalue weighted by Crippen LogP contribution is 2.30. The second kappa shape index (κ2) is 16.1. The van der Waals surface area contributed by atoms with Crippen molar-refractivity contribution in [2.45, 2.75) is 72.5 Å². The molecule has 7 heteroatoms. The zero-order valence-corrected chi connectivity index (χ0v) is 26.7. The molecule has 0 bridgehead atoms. The molecule has 0 aliphatic heterocycles. The number of aryl methyl sites for hydroxylation is 4. The summed E-state index contributed by atoms with van der Waals surface area (Å²) in [6, 6.07) is 24.6. The van der Waals surface area contributed by atoms with E-state index in [1.54, 1.807) is 17.4 Å². The Hall–Kier alpha value is -3.81. The summed E-state index contributed by atoms with van der Waals surface area (Å²) in [5.41, 5.74) is 6.93. The minimum Gasteiger partial charge on any atom is -0.352 e. The molecule has 43 heavy (non-hydrogen) atoms. The molecule has 1 heterocycles. The highest BCUT2D eigenvalue weighted by atomic mass is 32.1. The Kier molecular flexibility index (Phi) is 12.1. The molecular weight excluding hydrogens is 552 g/mol. The van der Waals surface area contributed by atoms with E-state index in [4.69, 9.17) is 0 Å². The van der Waals surface area contributed by atoms with Gasteiger partial charge in [-0.25, -0.2) is 4.98 Å². The van der Waals surface area contributed by atoms with Crippen molar-refractivity contribution in [3.63, 3.8) is 0 Å². The van der Waals surface area contributed by atoms with Crippen LogP contribution in [0.1, 0.15) is 79.9 Å². The lowest BCUT2D eigenvalue weighted by atomic mass is 10.0. The number of thiazole rings is 1. The standard InChI is InChI=1S/C29H36N4O2S.C7H8/c1-4-22-7-5-8-23(15-22)17-30-11-6-12-31-28(34)24-13-20(2)14-25(16-24)29(35)33(26-9-10-26)18-27-32-21(3)19-36-27;1-7-5-3-2-4-6-7/h5,7-8,13-16,19,26,30H,4,6,9-12,17-18H2,1-3H3,(H,31,34);2-6H,1H3. The normalized spacial score (nSPS) is 12.3. The summed E-state index contributed by atoms with van der Waals surface area (Å²) in [7, 11) is 0. The van der Waals surface area contributed by atoms with Crippen molar-refractivity contribution >= 4 is 23.2 Å². The third-order valence-electron chi connectivity index (χ3n) is 7.29. The summed E-state index contributed by atoms with van der Waals surface area (Å²) in [5, 5.41) is 9.41. The average molecular weight is 597 g/mol. The molecule has 0 unspecified atom stereocenters. The van der Waals surface area contributed by atoms with E-state index < -0.39 is 0 Å². The Morgan fingerprint density at radius 1 is 0.884 bits per heavy atom. The van der Waals surface area contributed by atoms with E-state index in [9.17, 15) is 9.59 Å². The number of nitrogens with zero attached hydrogens (tertiary/aromatic N) is 2. The smallest absolute Gasteiger partial charge is 0.254 e. The van der Waals surface area contributed by atoms with Gasteiger partial charge >= 0.3 is 0 Å². The maximum Gasteiger partial charge on any atom is 0.254 e. The van der Waals surface area contributed by atoms with Gasteiger partial charge in [-0.05, 0) is 87.9 Å². The first kappa shape index (κ1) is 32.1. The van der Waals surface area contributed by atoms with Gasteiger partial charge in [0.25, 0.3) is 11.8 Å². The summed E-state index contributed by atoms with van der Waals surface area (Å²) in [6.45, 7) is 10.9. The average Bonchev–Trinajstić information content (AvgIpc) is 3.77. The van der Waals surface area contributed by atoms with Gasteiger partial charge in [0.15, 0.2) is 0 Å². The fourth-order valence-electron chi connectivity index (χ4n) is 4.82. The van der Waals surface area contributed by atoms with Crippen LogP contribution in [0.2, 0.25) is 0 Å². The summed E-state index contributed by atoms with van der Waals surface area (Å²) < 4.78 is 0. The fraction of sp³-hybridized carbons (Fsp3) is 0.361. The molecule has 4 aromatic rings. The van der Waals surface area contributed by atoms with Crippen LogP contribution in [0.15, 0.2) is 78.2 Å². The van der Waals surface area contributed by atoms with Gasteiger partial charge in [-0.3, -0.25) is 9.59 Å². The van der Waals surface area contributed by atoms with Gasteiger partial charge in [0.1, 0.15) is 5.01 Å². The molecule has 1 fully saturated rings.